The summed E-state index contributed by atoms with van der Waals surface area (Å²) in [5.74, 6) is 0.253. The molecule has 168 valence electrons. The van der Waals surface area contributed by atoms with E-state index in [1.807, 2.05) is 13.8 Å². The summed E-state index contributed by atoms with van der Waals surface area (Å²) >= 11 is 1.50. The second-order valence-electron chi connectivity index (χ2n) is 7.61. The fourth-order valence-corrected chi connectivity index (χ4v) is 3.74. The molecule has 8 nitrogen and oxygen atoms in total. The number of hydrogen-bond donors (Lipinski definition) is 0. The summed E-state index contributed by atoms with van der Waals surface area (Å²) in [4.78, 5) is 38.5. The average molecular weight is 441 g/mol. The minimum atomic E-state index is -0.743. The van der Waals surface area contributed by atoms with Gasteiger partial charge in [0, 0.05) is 23.6 Å². The Morgan fingerprint density at radius 2 is 1.90 bits per heavy atom. The van der Waals surface area contributed by atoms with E-state index in [0.717, 1.165) is 10.6 Å². The van der Waals surface area contributed by atoms with Crippen LogP contribution in [0.25, 0.3) is 0 Å². The zero-order valence-corrected chi connectivity index (χ0v) is 19.4. The van der Waals surface area contributed by atoms with Crippen molar-refractivity contribution < 1.29 is 24.0 Å². The predicted octanol–water partition coefficient (Wildman–Crippen LogP) is 5.35. The second-order valence-corrected chi connectivity index (χ2v) is 8.92. The van der Waals surface area contributed by atoms with Gasteiger partial charge in [-0.3, -0.25) is 14.9 Å². The van der Waals surface area contributed by atoms with Gasteiger partial charge in [-0.2, -0.15) is 0 Å². The number of nitrogens with zero attached hydrogens (tertiary/aromatic N) is 2. The minimum Gasteiger partial charge on any atom is -0.466 e. The maximum atomic E-state index is 13.0. The summed E-state index contributed by atoms with van der Waals surface area (Å²) in [6, 6.07) is 3.79. The molecule has 1 rings (SSSR count). The summed E-state index contributed by atoms with van der Waals surface area (Å²) in [6.45, 7) is 11.4. The first kappa shape index (κ1) is 25.7. The van der Waals surface area contributed by atoms with Gasteiger partial charge in [-0.05, 0) is 51.5 Å². The number of esters is 1. The fourth-order valence-electron chi connectivity index (χ4n) is 2.90. The molecule has 0 aliphatic rings. The van der Waals surface area contributed by atoms with Gasteiger partial charge in [-0.15, -0.1) is 11.8 Å². The van der Waals surface area contributed by atoms with E-state index in [4.69, 9.17) is 9.47 Å². The first-order valence-corrected chi connectivity index (χ1v) is 11.1. The number of nitro groups is 1. The number of nitro benzene ring substituents is 1. The molecule has 1 amide bonds. The number of ether oxygens (including phenoxy) is 2. The Morgan fingerprint density at radius 3 is 2.40 bits per heavy atom. The molecule has 0 unspecified atom stereocenters. The molecule has 30 heavy (non-hydrogen) atoms. The molecule has 9 heteroatoms. The smallest absolute Gasteiger partial charge is 0.410 e. The predicted molar refractivity (Wildman–Crippen MR) is 117 cm³/mol. The lowest BCUT2D eigenvalue weighted by atomic mass is 10.0. The highest BCUT2D eigenvalue weighted by molar-refractivity contribution is 7.99. The Kier molecular flexibility index (Phi) is 10.1. The van der Waals surface area contributed by atoms with Crippen molar-refractivity contribution in [2.24, 2.45) is 0 Å². The third-order valence-corrected chi connectivity index (χ3v) is 4.97. The zero-order chi connectivity index (χ0) is 22.9. The van der Waals surface area contributed by atoms with Crippen molar-refractivity contribution in [1.29, 1.82) is 0 Å². The number of amides is 1. The molecule has 0 spiro atoms. The highest BCUT2D eigenvalue weighted by atomic mass is 32.2. The van der Waals surface area contributed by atoms with E-state index in [9.17, 15) is 19.7 Å². The van der Waals surface area contributed by atoms with E-state index in [1.165, 1.54) is 28.8 Å². The van der Waals surface area contributed by atoms with E-state index in [2.05, 4.69) is 0 Å². The molecule has 0 fully saturated rings. The number of thioether (sulfide) groups is 1. The lowest BCUT2D eigenvalue weighted by molar-refractivity contribution is -0.385. The molecule has 0 N–H and O–H groups in total. The van der Waals surface area contributed by atoms with Gasteiger partial charge in [0.05, 0.1) is 24.0 Å². The Labute approximate surface area is 182 Å². The van der Waals surface area contributed by atoms with Crippen LogP contribution < -0.4 is 0 Å². The third-order valence-electron chi connectivity index (χ3n) is 4.00. The van der Waals surface area contributed by atoms with Gasteiger partial charge < -0.3 is 14.4 Å². The number of non-ortho nitro benzene ring substituents is 1. The average Bonchev–Trinajstić information content (AvgIpc) is 2.64. The van der Waals surface area contributed by atoms with Gasteiger partial charge in [0.1, 0.15) is 5.60 Å². The van der Waals surface area contributed by atoms with Crippen LogP contribution in [0.5, 0.6) is 0 Å². The van der Waals surface area contributed by atoms with Gasteiger partial charge in [0.2, 0.25) is 0 Å². The molecule has 0 aliphatic heterocycles. The Balaban J connectivity index is 3.55. The molecule has 0 saturated heterocycles. The fraction of sp³-hybridized carbons (Fsp3) is 0.619. The van der Waals surface area contributed by atoms with Crippen molar-refractivity contribution in [2.75, 3.05) is 18.9 Å². The van der Waals surface area contributed by atoms with E-state index >= 15 is 0 Å². The third kappa shape index (κ3) is 7.85. The maximum Gasteiger partial charge on any atom is 0.410 e. The van der Waals surface area contributed by atoms with Gasteiger partial charge in [0.25, 0.3) is 5.69 Å². The number of benzene rings is 1. The summed E-state index contributed by atoms with van der Waals surface area (Å²) in [7, 11) is 0. The van der Waals surface area contributed by atoms with Gasteiger partial charge in [-0.25, -0.2) is 4.79 Å². The van der Waals surface area contributed by atoms with Crippen molar-refractivity contribution >= 4 is 29.5 Å². The monoisotopic (exact) mass is 440 g/mol. The van der Waals surface area contributed by atoms with Crippen molar-refractivity contribution in [2.45, 2.75) is 70.9 Å². The Morgan fingerprint density at radius 1 is 1.23 bits per heavy atom. The van der Waals surface area contributed by atoms with Crippen molar-refractivity contribution in [3.63, 3.8) is 0 Å². The highest BCUT2D eigenvalue weighted by Gasteiger charge is 2.33. The van der Waals surface area contributed by atoms with E-state index in [-0.39, 0.29) is 18.7 Å². The van der Waals surface area contributed by atoms with Crippen LogP contribution >= 0.6 is 11.8 Å². The molecule has 0 bridgehead atoms. The van der Waals surface area contributed by atoms with E-state index in [1.54, 1.807) is 33.8 Å². The van der Waals surface area contributed by atoms with Crippen LogP contribution in [0.3, 0.4) is 0 Å². The van der Waals surface area contributed by atoms with Crippen LogP contribution in [0.1, 0.15) is 66.0 Å². The SMILES string of the molecule is CCCN(C(=O)OC(C)(C)C)[C@H](CC(=O)OCC)c1cc([N+](=O)[O-])ccc1SCC. The lowest BCUT2D eigenvalue weighted by Crippen LogP contribution is -2.41. The van der Waals surface area contributed by atoms with Crippen LogP contribution in [0, 0.1) is 10.1 Å². The number of carbonyl (C=O) groups is 2. The molecular formula is C21H32N2O6S. The largest absolute Gasteiger partial charge is 0.466 e. The highest BCUT2D eigenvalue weighted by Crippen LogP contribution is 2.36. The standard InChI is InChI=1S/C21H32N2O6S/c1-7-12-22(20(25)29-21(4,5)6)17(14-19(24)28-8-2)16-13-15(23(26)27)10-11-18(16)30-9-3/h10-11,13,17H,7-9,12,14H2,1-6H3/t17-/m1/s1. The molecule has 0 heterocycles. The molecule has 1 aromatic carbocycles. The van der Waals surface area contributed by atoms with Crippen LogP contribution in [0.4, 0.5) is 10.5 Å². The molecule has 1 atom stereocenters. The topological polar surface area (TPSA) is 99.0 Å². The van der Waals surface area contributed by atoms with Crippen LogP contribution in [-0.2, 0) is 14.3 Å². The Hall–Kier alpha value is -2.29. The van der Waals surface area contributed by atoms with E-state index in [0.29, 0.717) is 18.5 Å². The molecule has 0 aliphatic carbocycles. The quantitative estimate of drug-likeness (QED) is 0.209. The Bertz CT molecular complexity index is 748. The van der Waals surface area contributed by atoms with Gasteiger partial charge in [0.15, 0.2) is 0 Å². The summed E-state index contributed by atoms with van der Waals surface area (Å²) < 4.78 is 10.7. The summed E-state index contributed by atoms with van der Waals surface area (Å²) in [5.41, 5.74) is -0.273. The second kappa shape index (κ2) is 11.8. The van der Waals surface area contributed by atoms with Crippen molar-refractivity contribution in [3.8, 4) is 0 Å². The molecule has 0 radical (unpaired) electrons. The summed E-state index contributed by atoms with van der Waals surface area (Å²) in [6.07, 6.45) is -0.0625. The first-order chi connectivity index (χ1) is 14.0. The number of carbonyl (C=O) groups excluding carboxylic acids is 2. The molecule has 1 aromatic rings. The molecule has 0 saturated carbocycles. The number of hydrogen-bond acceptors (Lipinski definition) is 7. The molecule has 0 aromatic heterocycles. The van der Waals surface area contributed by atoms with Crippen LogP contribution in [-0.4, -0.2) is 46.4 Å². The van der Waals surface area contributed by atoms with Crippen molar-refractivity contribution in [1.82, 2.24) is 4.90 Å². The van der Waals surface area contributed by atoms with Gasteiger partial charge >= 0.3 is 12.1 Å². The normalized spacial score (nSPS) is 12.2. The van der Waals surface area contributed by atoms with Crippen molar-refractivity contribution in [3.05, 3.63) is 33.9 Å². The zero-order valence-electron chi connectivity index (χ0n) is 18.6. The van der Waals surface area contributed by atoms with Crippen LogP contribution in [0.2, 0.25) is 0 Å². The minimum absolute atomic E-state index is 0.0973. The van der Waals surface area contributed by atoms with Crippen LogP contribution in [0.15, 0.2) is 23.1 Å². The molecular weight excluding hydrogens is 408 g/mol. The van der Waals surface area contributed by atoms with E-state index < -0.39 is 28.6 Å². The summed E-state index contributed by atoms with van der Waals surface area (Å²) in [5, 5.41) is 11.4. The lowest BCUT2D eigenvalue weighted by Gasteiger charge is -2.34. The van der Waals surface area contributed by atoms with Gasteiger partial charge in [-0.1, -0.05) is 13.8 Å². The first-order valence-electron chi connectivity index (χ1n) is 10.1. The number of rotatable bonds is 10. The maximum absolute atomic E-state index is 13.0.